The van der Waals surface area contributed by atoms with Crippen LogP contribution in [0.2, 0.25) is 0 Å². The minimum Gasteiger partial charge on any atom is -0.375 e. The van der Waals surface area contributed by atoms with Gasteiger partial charge in [0.15, 0.2) is 11.1 Å². The first-order valence-electron chi connectivity index (χ1n) is 1.74. The van der Waals surface area contributed by atoms with Gasteiger partial charge in [0, 0.05) is 0 Å². The summed E-state index contributed by atoms with van der Waals surface area (Å²) in [7, 11) is 0. The minimum absolute atomic E-state index is 0.340. The number of rotatable bonds is 3. The fourth-order valence-corrected chi connectivity index (χ4v) is 0.288. The van der Waals surface area contributed by atoms with Gasteiger partial charge in [0.1, 0.15) is 12.3 Å². The third-order valence-corrected chi connectivity index (χ3v) is 0.591. The molecule has 48 valence electrons. The Morgan fingerprint density at radius 3 is 2.88 bits per heavy atom. The quantitative estimate of drug-likeness (QED) is 0.149. The monoisotopic (exact) mass is 138 g/mol. The molecule has 0 radical (unpaired) electrons. The summed E-state index contributed by atoms with van der Waals surface area (Å²) in [5.41, 5.74) is 2.81. The summed E-state index contributed by atoms with van der Waals surface area (Å²) in [6.45, 7) is -0.340. The third kappa shape index (κ3) is 5.54. The molecule has 5 nitrogen and oxygen atoms in total. The Balaban J connectivity index is 3.20. The Labute approximate surface area is 48.7 Å². The van der Waals surface area contributed by atoms with Crippen molar-refractivity contribution in [2.45, 2.75) is 0 Å². The molecule has 1 unspecified atom stereocenters. The number of hydrazone groups is 1. The zero-order valence-corrected chi connectivity index (χ0v) is 4.76. The summed E-state index contributed by atoms with van der Waals surface area (Å²) in [6, 6.07) is 0. The summed E-state index contributed by atoms with van der Waals surface area (Å²) in [4.78, 5) is 0. The molecule has 0 amide bonds. The lowest BCUT2D eigenvalue weighted by molar-refractivity contribution is 0.264. The molecule has 0 heterocycles. The van der Waals surface area contributed by atoms with Crippen LogP contribution in [0.3, 0.4) is 0 Å². The lowest BCUT2D eigenvalue weighted by atomic mass is 11.3. The highest BCUT2D eigenvalue weighted by molar-refractivity contribution is 7.93. The Hall–Kier alpha value is -0.460. The van der Waals surface area contributed by atoms with E-state index in [9.17, 15) is 4.21 Å². The van der Waals surface area contributed by atoms with Crippen molar-refractivity contribution in [1.29, 1.82) is 0 Å². The summed E-state index contributed by atoms with van der Waals surface area (Å²) in [5.74, 6) is 0. The average Bonchev–Trinajstić information content (AvgIpc) is 1.66. The van der Waals surface area contributed by atoms with Crippen LogP contribution in [0.5, 0.6) is 0 Å². The number of nitrogens with one attached hydrogen (secondary N) is 1. The van der Waals surface area contributed by atoms with Crippen molar-refractivity contribution in [1.82, 2.24) is 5.43 Å². The van der Waals surface area contributed by atoms with Crippen LogP contribution in [0.4, 0.5) is 0 Å². The molecule has 0 rings (SSSR count). The van der Waals surface area contributed by atoms with E-state index >= 15 is 0 Å². The van der Waals surface area contributed by atoms with E-state index in [-0.39, 0.29) is 6.73 Å². The number of aliphatic hydroxyl groups is 1. The zero-order valence-electron chi connectivity index (χ0n) is 3.94. The van der Waals surface area contributed by atoms with Gasteiger partial charge >= 0.3 is 0 Å². The van der Waals surface area contributed by atoms with Gasteiger partial charge in [-0.2, -0.15) is 5.10 Å². The van der Waals surface area contributed by atoms with Crippen molar-refractivity contribution >= 4 is 16.6 Å². The molecule has 0 aromatic rings. The molecule has 0 saturated heterocycles. The molecule has 6 heteroatoms. The summed E-state index contributed by atoms with van der Waals surface area (Å²) < 4.78 is 17.7. The van der Waals surface area contributed by atoms with Crippen molar-refractivity contribution in [3.63, 3.8) is 0 Å². The number of aliphatic hydroxyl groups excluding tert-OH is 1. The molecule has 0 aliphatic heterocycles. The average molecular weight is 138 g/mol. The van der Waals surface area contributed by atoms with E-state index in [1.54, 1.807) is 0 Å². The van der Waals surface area contributed by atoms with Crippen molar-refractivity contribution < 1.29 is 13.9 Å². The smallest absolute Gasteiger partial charge is 0.199 e. The minimum atomic E-state index is -2.03. The number of hydrogen-bond acceptors (Lipinski definition) is 4. The van der Waals surface area contributed by atoms with E-state index in [0.29, 0.717) is 0 Å². The molecule has 0 bridgehead atoms. The fourth-order valence-electron chi connectivity index (χ4n) is 0.123. The van der Waals surface area contributed by atoms with E-state index in [4.69, 9.17) is 9.66 Å². The first kappa shape index (κ1) is 7.54. The van der Waals surface area contributed by atoms with E-state index in [1.807, 2.05) is 0 Å². The standard InChI is InChI=1S/C2H6N2O3S/c5-1-3-4-2-8(6)7/h2-3,5H,1H2,(H,6,7). The van der Waals surface area contributed by atoms with Gasteiger partial charge in [-0.15, -0.1) is 0 Å². The predicted molar refractivity (Wildman–Crippen MR) is 29.5 cm³/mol. The molecule has 0 aromatic carbocycles. The Morgan fingerprint density at radius 2 is 2.50 bits per heavy atom. The molecule has 0 saturated carbocycles. The molecule has 8 heavy (non-hydrogen) atoms. The van der Waals surface area contributed by atoms with Crippen LogP contribution < -0.4 is 5.43 Å². The van der Waals surface area contributed by atoms with Crippen molar-refractivity contribution in [2.24, 2.45) is 5.10 Å². The highest BCUT2D eigenvalue weighted by Crippen LogP contribution is 1.61. The Kier molecular flexibility index (Phi) is 4.42. The maximum atomic E-state index is 9.71. The van der Waals surface area contributed by atoms with Crippen LogP contribution in [0.25, 0.3) is 0 Å². The molecule has 0 aliphatic carbocycles. The molecule has 0 fully saturated rings. The second-order valence-corrected chi connectivity index (χ2v) is 1.59. The summed E-state index contributed by atoms with van der Waals surface area (Å²) >= 11 is -2.03. The third-order valence-electron chi connectivity index (χ3n) is 0.305. The first-order chi connectivity index (χ1) is 3.77. The van der Waals surface area contributed by atoms with Gasteiger partial charge in [-0.05, 0) is 0 Å². The van der Waals surface area contributed by atoms with Crippen LogP contribution >= 0.6 is 0 Å². The van der Waals surface area contributed by atoms with Crippen molar-refractivity contribution in [2.75, 3.05) is 6.73 Å². The molecular weight excluding hydrogens is 132 g/mol. The summed E-state index contributed by atoms with van der Waals surface area (Å²) in [6.07, 6.45) is 0. The molecular formula is C2H6N2O3S. The van der Waals surface area contributed by atoms with Gasteiger partial charge in [0.2, 0.25) is 0 Å². The topological polar surface area (TPSA) is 81.9 Å². The zero-order chi connectivity index (χ0) is 6.41. The van der Waals surface area contributed by atoms with Crippen LogP contribution in [0, 0.1) is 0 Å². The first-order valence-corrected chi connectivity index (χ1v) is 2.91. The van der Waals surface area contributed by atoms with E-state index in [0.717, 1.165) is 5.55 Å². The Bertz CT molecular complexity index is 103. The van der Waals surface area contributed by atoms with E-state index in [2.05, 4.69) is 10.5 Å². The second-order valence-electron chi connectivity index (χ2n) is 0.827. The second kappa shape index (κ2) is 4.69. The highest BCUT2D eigenvalue weighted by atomic mass is 32.2. The fraction of sp³-hybridized carbons (Fsp3) is 0.500. The van der Waals surface area contributed by atoms with Gasteiger partial charge in [-0.3, -0.25) is 5.43 Å². The molecule has 1 atom stereocenters. The van der Waals surface area contributed by atoms with Gasteiger partial charge in [-0.25, -0.2) is 4.21 Å². The maximum Gasteiger partial charge on any atom is 0.199 e. The number of hydrogen-bond donors (Lipinski definition) is 3. The predicted octanol–water partition coefficient (Wildman–Crippen LogP) is -1.31. The maximum absolute atomic E-state index is 9.71. The highest BCUT2D eigenvalue weighted by Gasteiger charge is 1.78. The Morgan fingerprint density at radius 1 is 1.88 bits per heavy atom. The normalized spacial score (nSPS) is 14.2. The molecule has 3 N–H and O–H groups in total. The lowest BCUT2D eigenvalue weighted by Gasteiger charge is -1.86. The van der Waals surface area contributed by atoms with Crippen LogP contribution in [0.1, 0.15) is 0 Å². The van der Waals surface area contributed by atoms with E-state index < -0.39 is 11.1 Å². The molecule has 0 spiro atoms. The lowest BCUT2D eigenvalue weighted by Crippen LogP contribution is -2.06. The van der Waals surface area contributed by atoms with Gasteiger partial charge in [-0.1, -0.05) is 0 Å². The largest absolute Gasteiger partial charge is 0.375 e. The van der Waals surface area contributed by atoms with Crippen LogP contribution in [0.15, 0.2) is 5.10 Å². The van der Waals surface area contributed by atoms with Crippen molar-refractivity contribution in [3.8, 4) is 0 Å². The van der Waals surface area contributed by atoms with E-state index in [1.165, 1.54) is 0 Å². The SMILES string of the molecule is O=S(O)C=NNCO. The summed E-state index contributed by atoms with van der Waals surface area (Å²) in [5, 5.41) is 11.1. The molecule has 0 aromatic heterocycles. The molecule has 0 aliphatic rings. The van der Waals surface area contributed by atoms with Crippen molar-refractivity contribution in [3.05, 3.63) is 0 Å². The number of nitrogens with zero attached hydrogens (tertiary/aromatic N) is 1. The van der Waals surface area contributed by atoms with Gasteiger partial charge in [0.05, 0.1) is 0 Å². The van der Waals surface area contributed by atoms with Gasteiger partial charge in [0.25, 0.3) is 0 Å². The van der Waals surface area contributed by atoms with Gasteiger partial charge < -0.3 is 9.66 Å². The van der Waals surface area contributed by atoms with Crippen LogP contribution in [-0.4, -0.2) is 26.1 Å². The van der Waals surface area contributed by atoms with Crippen LogP contribution in [-0.2, 0) is 11.1 Å².